The van der Waals surface area contributed by atoms with Crippen LogP contribution in [0, 0.1) is 5.82 Å². The Labute approximate surface area is 113 Å². The van der Waals surface area contributed by atoms with Crippen LogP contribution in [0.25, 0.3) is 5.69 Å². The summed E-state index contributed by atoms with van der Waals surface area (Å²) in [5.74, 6) is -2.06. The molecule has 0 saturated carbocycles. The zero-order valence-corrected chi connectivity index (χ0v) is 10.7. The SMILES string of the molecule is CCOc1ccn(-c2ccccc2F)c(=O)c1C(=O)O. The Morgan fingerprint density at radius 1 is 1.35 bits per heavy atom. The normalized spacial score (nSPS) is 10.3. The molecule has 2 aromatic rings. The van der Waals surface area contributed by atoms with Crippen LogP contribution in [0.3, 0.4) is 0 Å². The fraction of sp³-hybridized carbons (Fsp3) is 0.143. The molecule has 0 bridgehead atoms. The molecule has 1 heterocycles. The van der Waals surface area contributed by atoms with Crippen LogP contribution in [0.1, 0.15) is 17.3 Å². The highest BCUT2D eigenvalue weighted by molar-refractivity contribution is 5.90. The largest absolute Gasteiger partial charge is 0.493 e. The molecule has 0 aliphatic carbocycles. The van der Waals surface area contributed by atoms with Gasteiger partial charge in [-0.1, -0.05) is 12.1 Å². The van der Waals surface area contributed by atoms with E-state index >= 15 is 0 Å². The number of pyridine rings is 1. The van der Waals surface area contributed by atoms with E-state index in [-0.39, 0.29) is 18.0 Å². The van der Waals surface area contributed by atoms with Gasteiger partial charge in [0.05, 0.1) is 12.3 Å². The van der Waals surface area contributed by atoms with E-state index in [1.165, 1.54) is 30.5 Å². The lowest BCUT2D eigenvalue weighted by atomic mass is 10.2. The van der Waals surface area contributed by atoms with Gasteiger partial charge in [-0.25, -0.2) is 9.18 Å². The number of nitrogens with zero attached hydrogens (tertiary/aromatic N) is 1. The second-order valence-electron chi connectivity index (χ2n) is 3.92. The van der Waals surface area contributed by atoms with E-state index in [1.54, 1.807) is 13.0 Å². The minimum atomic E-state index is -1.41. The van der Waals surface area contributed by atoms with Crippen molar-refractivity contribution in [3.05, 3.63) is 58.3 Å². The number of aromatic carboxylic acids is 1. The summed E-state index contributed by atoms with van der Waals surface area (Å²) < 4.78 is 19.8. The smallest absolute Gasteiger partial charge is 0.345 e. The molecule has 1 aromatic carbocycles. The third-order valence-electron chi connectivity index (χ3n) is 2.68. The molecule has 0 unspecified atom stereocenters. The minimum Gasteiger partial charge on any atom is -0.493 e. The van der Waals surface area contributed by atoms with Gasteiger partial charge in [0.15, 0.2) is 5.56 Å². The number of carboxylic acid groups (broad SMARTS) is 1. The van der Waals surface area contributed by atoms with Crippen molar-refractivity contribution in [1.82, 2.24) is 4.57 Å². The highest BCUT2D eigenvalue weighted by Crippen LogP contribution is 2.17. The van der Waals surface area contributed by atoms with E-state index < -0.39 is 22.9 Å². The molecular weight excluding hydrogens is 265 g/mol. The first-order valence-corrected chi connectivity index (χ1v) is 5.93. The average molecular weight is 277 g/mol. The third kappa shape index (κ3) is 2.40. The van der Waals surface area contributed by atoms with Crippen molar-refractivity contribution in [3.8, 4) is 11.4 Å². The van der Waals surface area contributed by atoms with Crippen LogP contribution >= 0.6 is 0 Å². The molecule has 6 heteroatoms. The van der Waals surface area contributed by atoms with Crippen molar-refractivity contribution in [2.45, 2.75) is 6.92 Å². The Balaban J connectivity index is 2.69. The molecule has 1 aromatic heterocycles. The van der Waals surface area contributed by atoms with Crippen LogP contribution in [0.15, 0.2) is 41.3 Å². The van der Waals surface area contributed by atoms with Gasteiger partial charge in [-0.2, -0.15) is 0 Å². The molecule has 0 saturated heterocycles. The quantitative estimate of drug-likeness (QED) is 0.929. The Hall–Kier alpha value is -2.63. The summed E-state index contributed by atoms with van der Waals surface area (Å²) >= 11 is 0. The molecule has 0 amide bonds. The summed E-state index contributed by atoms with van der Waals surface area (Å²) in [6.07, 6.45) is 1.29. The molecule has 20 heavy (non-hydrogen) atoms. The zero-order valence-electron chi connectivity index (χ0n) is 10.7. The molecule has 0 spiro atoms. The number of carboxylic acids is 1. The van der Waals surface area contributed by atoms with E-state index in [0.29, 0.717) is 0 Å². The second-order valence-corrected chi connectivity index (χ2v) is 3.92. The molecule has 2 rings (SSSR count). The van der Waals surface area contributed by atoms with Crippen molar-refractivity contribution in [2.24, 2.45) is 0 Å². The van der Waals surface area contributed by atoms with Gasteiger partial charge in [0.25, 0.3) is 5.56 Å². The van der Waals surface area contributed by atoms with E-state index in [0.717, 1.165) is 4.57 Å². The molecule has 0 fully saturated rings. The molecule has 1 N–H and O–H groups in total. The average Bonchev–Trinajstić information content (AvgIpc) is 2.40. The lowest BCUT2D eigenvalue weighted by Gasteiger charge is -2.11. The van der Waals surface area contributed by atoms with Crippen molar-refractivity contribution >= 4 is 5.97 Å². The van der Waals surface area contributed by atoms with Crippen LogP contribution in [-0.4, -0.2) is 22.2 Å². The van der Waals surface area contributed by atoms with Gasteiger partial charge in [-0.05, 0) is 25.1 Å². The number of rotatable bonds is 4. The molecular formula is C14H12FNO4. The maximum atomic E-state index is 13.7. The minimum absolute atomic E-state index is 0.0111. The molecule has 5 nitrogen and oxygen atoms in total. The first kappa shape index (κ1) is 13.8. The highest BCUT2D eigenvalue weighted by Gasteiger charge is 2.19. The van der Waals surface area contributed by atoms with Gasteiger partial charge in [0, 0.05) is 6.20 Å². The van der Waals surface area contributed by atoms with Gasteiger partial charge in [0.1, 0.15) is 11.6 Å². The Kier molecular flexibility index (Phi) is 3.84. The predicted octanol–water partition coefficient (Wildman–Crippen LogP) is 2.07. The number of benzene rings is 1. The summed E-state index contributed by atoms with van der Waals surface area (Å²) in [5.41, 5.74) is -1.37. The van der Waals surface area contributed by atoms with Gasteiger partial charge >= 0.3 is 5.97 Å². The molecule has 0 aliphatic rings. The Bertz CT molecular complexity index is 709. The van der Waals surface area contributed by atoms with Gasteiger partial charge in [0.2, 0.25) is 0 Å². The standard InChI is InChI=1S/C14H12FNO4/c1-2-20-11-7-8-16(13(17)12(11)14(18)19)10-6-4-3-5-9(10)15/h3-8H,2H2,1H3,(H,18,19). The van der Waals surface area contributed by atoms with Crippen LogP contribution in [-0.2, 0) is 0 Å². The maximum Gasteiger partial charge on any atom is 0.345 e. The summed E-state index contributed by atoms with van der Waals surface area (Å²) in [4.78, 5) is 23.4. The molecule has 0 aliphatic heterocycles. The topological polar surface area (TPSA) is 68.5 Å². The number of hydrogen-bond acceptors (Lipinski definition) is 3. The number of aromatic nitrogens is 1. The molecule has 104 valence electrons. The molecule has 0 atom stereocenters. The molecule has 0 radical (unpaired) electrons. The summed E-state index contributed by atoms with van der Waals surface area (Å²) in [6, 6.07) is 6.96. The first-order valence-electron chi connectivity index (χ1n) is 5.93. The van der Waals surface area contributed by atoms with Crippen molar-refractivity contribution in [2.75, 3.05) is 6.61 Å². The van der Waals surface area contributed by atoms with Crippen molar-refractivity contribution in [3.63, 3.8) is 0 Å². The van der Waals surface area contributed by atoms with Gasteiger partial charge in [-0.15, -0.1) is 0 Å². The van der Waals surface area contributed by atoms with Crippen LogP contribution < -0.4 is 10.3 Å². The maximum absolute atomic E-state index is 13.7. The number of ether oxygens (including phenoxy) is 1. The van der Waals surface area contributed by atoms with E-state index in [4.69, 9.17) is 9.84 Å². The monoisotopic (exact) mass is 277 g/mol. The van der Waals surface area contributed by atoms with Gasteiger partial charge in [-0.3, -0.25) is 9.36 Å². The van der Waals surface area contributed by atoms with Crippen molar-refractivity contribution in [1.29, 1.82) is 0 Å². The zero-order chi connectivity index (χ0) is 14.7. The van der Waals surface area contributed by atoms with Crippen LogP contribution in [0.5, 0.6) is 5.75 Å². The number of para-hydroxylation sites is 1. The van der Waals surface area contributed by atoms with E-state index in [2.05, 4.69) is 0 Å². The van der Waals surface area contributed by atoms with Gasteiger partial charge < -0.3 is 9.84 Å². The summed E-state index contributed by atoms with van der Waals surface area (Å²) in [7, 11) is 0. The number of carbonyl (C=O) groups is 1. The van der Waals surface area contributed by atoms with Crippen LogP contribution in [0.2, 0.25) is 0 Å². The van der Waals surface area contributed by atoms with Crippen LogP contribution in [0.4, 0.5) is 4.39 Å². The highest BCUT2D eigenvalue weighted by atomic mass is 19.1. The lowest BCUT2D eigenvalue weighted by molar-refractivity contribution is 0.0690. The summed E-state index contributed by atoms with van der Waals surface area (Å²) in [6.45, 7) is 1.90. The lowest BCUT2D eigenvalue weighted by Crippen LogP contribution is -2.26. The second kappa shape index (κ2) is 5.56. The summed E-state index contributed by atoms with van der Waals surface area (Å²) in [5, 5.41) is 9.13. The van der Waals surface area contributed by atoms with Crippen molar-refractivity contribution < 1.29 is 19.0 Å². The fourth-order valence-electron chi connectivity index (χ4n) is 1.83. The third-order valence-corrected chi connectivity index (χ3v) is 2.68. The first-order chi connectivity index (χ1) is 9.56. The predicted molar refractivity (Wildman–Crippen MR) is 70.1 cm³/mol. The fourth-order valence-corrected chi connectivity index (χ4v) is 1.83. The van der Waals surface area contributed by atoms with E-state index in [9.17, 15) is 14.0 Å². The number of hydrogen-bond donors (Lipinski definition) is 1. The Morgan fingerprint density at radius 3 is 2.65 bits per heavy atom. The Morgan fingerprint density at radius 2 is 2.05 bits per heavy atom. The number of halogens is 1. The van der Waals surface area contributed by atoms with E-state index in [1.807, 2.05) is 0 Å².